The van der Waals surface area contributed by atoms with Gasteiger partial charge in [-0.25, -0.2) is 14.2 Å². The first-order valence-electron chi connectivity index (χ1n) is 12.9. The minimum absolute atomic E-state index is 0.166. The monoisotopic (exact) mass is 556 g/mol. The third kappa shape index (κ3) is 4.50. The van der Waals surface area contributed by atoms with E-state index in [4.69, 9.17) is 4.74 Å². The minimum atomic E-state index is -0.487. The number of thiophene rings is 1. The van der Waals surface area contributed by atoms with Crippen LogP contribution < -0.4 is 15.1 Å². The van der Waals surface area contributed by atoms with E-state index in [-0.39, 0.29) is 35.8 Å². The number of amides is 3. The first-order valence-corrected chi connectivity index (χ1v) is 13.7. The second kappa shape index (κ2) is 10.2. The molecule has 2 aromatic carbocycles. The summed E-state index contributed by atoms with van der Waals surface area (Å²) >= 11 is 1.31. The van der Waals surface area contributed by atoms with Crippen molar-refractivity contribution in [3.8, 4) is 10.4 Å². The molecule has 2 aliphatic rings. The molecule has 8 nitrogen and oxygen atoms in total. The van der Waals surface area contributed by atoms with E-state index in [0.717, 1.165) is 16.0 Å². The van der Waals surface area contributed by atoms with Crippen molar-refractivity contribution in [2.24, 2.45) is 0 Å². The van der Waals surface area contributed by atoms with Gasteiger partial charge in [0.15, 0.2) is 0 Å². The summed E-state index contributed by atoms with van der Waals surface area (Å²) in [7, 11) is 0. The van der Waals surface area contributed by atoms with Crippen LogP contribution in [0.15, 0.2) is 66.7 Å². The number of fused-ring (bicyclic) bond motifs is 3. The number of pyridine rings is 1. The lowest BCUT2D eigenvalue weighted by Crippen LogP contribution is -2.35. The molecule has 10 heteroatoms. The third-order valence-corrected chi connectivity index (χ3v) is 8.28. The van der Waals surface area contributed by atoms with E-state index in [9.17, 15) is 18.8 Å². The van der Waals surface area contributed by atoms with Crippen LogP contribution in [-0.4, -0.2) is 42.1 Å². The van der Waals surface area contributed by atoms with Gasteiger partial charge in [0.2, 0.25) is 0 Å². The van der Waals surface area contributed by atoms with E-state index < -0.39 is 11.9 Å². The molecular formula is C30H25FN4O4S. The van der Waals surface area contributed by atoms with Gasteiger partial charge in [-0.15, -0.1) is 11.3 Å². The number of carbonyl (C=O) groups excluding carboxylic acids is 3. The van der Waals surface area contributed by atoms with Gasteiger partial charge in [-0.05, 0) is 61.7 Å². The quantitative estimate of drug-likeness (QED) is 0.330. The highest BCUT2D eigenvalue weighted by Crippen LogP contribution is 2.42. The molecule has 0 aliphatic carbocycles. The molecule has 0 spiro atoms. The van der Waals surface area contributed by atoms with Crippen molar-refractivity contribution in [3.05, 3.63) is 94.2 Å². The van der Waals surface area contributed by atoms with Crippen LogP contribution in [0.4, 0.5) is 26.4 Å². The van der Waals surface area contributed by atoms with Crippen LogP contribution in [0.25, 0.3) is 10.4 Å². The highest BCUT2D eigenvalue weighted by atomic mass is 32.1. The normalized spacial score (nSPS) is 16.2. The zero-order valence-corrected chi connectivity index (χ0v) is 22.6. The number of ether oxygens (including phenoxy) is 1. The number of halogens is 1. The van der Waals surface area contributed by atoms with Gasteiger partial charge < -0.3 is 15.0 Å². The number of rotatable bonds is 4. The number of hydrogen-bond donors (Lipinski definition) is 1. The highest BCUT2D eigenvalue weighted by molar-refractivity contribution is 7.17. The van der Waals surface area contributed by atoms with Crippen LogP contribution >= 0.6 is 11.3 Å². The number of cyclic esters (lactones) is 1. The van der Waals surface area contributed by atoms with Crippen LogP contribution in [0.3, 0.4) is 0 Å². The Balaban J connectivity index is 1.31. The maximum Gasteiger partial charge on any atom is 0.415 e. The summed E-state index contributed by atoms with van der Waals surface area (Å²) in [6.07, 6.45) is 0.0205. The van der Waals surface area contributed by atoms with Gasteiger partial charge in [-0.2, -0.15) is 0 Å². The molecule has 2 aliphatic heterocycles. The van der Waals surface area contributed by atoms with Crippen molar-refractivity contribution in [3.63, 3.8) is 0 Å². The Kier molecular flexibility index (Phi) is 6.55. The SMILES string of the molecule is Cc1cccc(F)c1NC(=O)c1cc2c(s1)-c1ccccc1N(C(=O)c1cccc(N3C(=O)OC[C@@H]3C)n1)CC2. The molecule has 2 aromatic heterocycles. The second-order valence-corrected chi connectivity index (χ2v) is 10.8. The summed E-state index contributed by atoms with van der Waals surface area (Å²) in [5, 5.41) is 2.71. The maximum absolute atomic E-state index is 14.3. The Bertz CT molecular complexity index is 1650. The number of nitrogens with zero attached hydrogens (tertiary/aromatic N) is 3. The highest BCUT2D eigenvalue weighted by Gasteiger charge is 2.33. The first-order chi connectivity index (χ1) is 19.3. The molecule has 40 heavy (non-hydrogen) atoms. The summed E-state index contributed by atoms with van der Waals surface area (Å²) in [5.74, 6) is -0.798. The topological polar surface area (TPSA) is 91.8 Å². The van der Waals surface area contributed by atoms with Gasteiger partial charge in [-0.1, -0.05) is 36.4 Å². The number of anilines is 3. The second-order valence-electron chi connectivity index (χ2n) is 9.75. The Hall–Kier alpha value is -4.57. The van der Waals surface area contributed by atoms with Crippen molar-refractivity contribution in [1.82, 2.24) is 4.98 Å². The average molecular weight is 557 g/mol. The van der Waals surface area contributed by atoms with Crippen LogP contribution in [0, 0.1) is 12.7 Å². The molecule has 1 atom stereocenters. The number of aromatic nitrogens is 1. The molecule has 0 unspecified atom stereocenters. The molecule has 1 saturated heterocycles. The number of nitrogens with one attached hydrogen (secondary N) is 1. The van der Waals surface area contributed by atoms with Gasteiger partial charge in [0.25, 0.3) is 11.8 Å². The van der Waals surface area contributed by atoms with Crippen molar-refractivity contribution in [2.45, 2.75) is 26.3 Å². The predicted molar refractivity (Wildman–Crippen MR) is 152 cm³/mol. The van der Waals surface area contributed by atoms with E-state index in [1.165, 1.54) is 22.3 Å². The molecule has 6 rings (SSSR count). The molecule has 4 aromatic rings. The van der Waals surface area contributed by atoms with E-state index in [2.05, 4.69) is 10.3 Å². The molecule has 1 fully saturated rings. The average Bonchev–Trinajstić information content (AvgIpc) is 3.49. The number of aryl methyl sites for hydroxylation is 1. The van der Waals surface area contributed by atoms with Crippen molar-refractivity contribution < 1.29 is 23.5 Å². The Labute approximate surface area is 234 Å². The standard InChI is InChI=1S/C30H25FN4O4S/c1-17-7-5-9-21(31)26(17)33-28(36)24-15-19-13-14-34(23-11-4-3-8-20(23)27(19)40-24)29(37)22-10-6-12-25(32-22)35-18(2)16-39-30(35)38/h3-12,15,18H,13-14,16H2,1-2H3,(H,33,36)/t18-/m0/s1. The van der Waals surface area contributed by atoms with Crippen LogP contribution in [0.1, 0.15) is 38.2 Å². The number of carbonyl (C=O) groups is 3. The van der Waals surface area contributed by atoms with Crippen LogP contribution in [0.2, 0.25) is 0 Å². The first kappa shape index (κ1) is 25.7. The fourth-order valence-corrected chi connectivity index (χ4v) is 6.17. The zero-order valence-electron chi connectivity index (χ0n) is 21.8. The van der Waals surface area contributed by atoms with Gasteiger partial charge >= 0.3 is 6.09 Å². The lowest BCUT2D eigenvalue weighted by molar-refractivity contribution is 0.0981. The summed E-state index contributed by atoms with van der Waals surface area (Å²) in [5.41, 5.74) is 3.47. The Morgan fingerprint density at radius 1 is 1.10 bits per heavy atom. The smallest absolute Gasteiger partial charge is 0.415 e. The fraction of sp³-hybridized carbons (Fsp3) is 0.200. The Morgan fingerprint density at radius 3 is 2.67 bits per heavy atom. The molecule has 1 N–H and O–H groups in total. The molecule has 202 valence electrons. The summed E-state index contributed by atoms with van der Waals surface area (Å²) in [6.45, 7) is 4.23. The fourth-order valence-electron chi connectivity index (χ4n) is 5.03. The zero-order chi connectivity index (χ0) is 28.0. The molecule has 3 amide bonds. The minimum Gasteiger partial charge on any atom is -0.447 e. The molecule has 0 radical (unpaired) electrons. The molecule has 0 bridgehead atoms. The number of hydrogen-bond acceptors (Lipinski definition) is 6. The number of benzene rings is 2. The lowest BCUT2D eigenvalue weighted by Gasteiger charge is -2.23. The predicted octanol–water partition coefficient (Wildman–Crippen LogP) is 6.06. The van der Waals surface area contributed by atoms with Gasteiger partial charge in [0.05, 0.1) is 22.3 Å². The van der Waals surface area contributed by atoms with E-state index >= 15 is 0 Å². The van der Waals surface area contributed by atoms with Gasteiger partial charge in [0, 0.05) is 17.0 Å². The van der Waals surface area contributed by atoms with Crippen molar-refractivity contribution >= 4 is 46.4 Å². The lowest BCUT2D eigenvalue weighted by atomic mass is 10.1. The summed E-state index contributed by atoms with van der Waals surface area (Å²) in [6, 6.07) is 18.8. The van der Waals surface area contributed by atoms with Crippen molar-refractivity contribution in [1.29, 1.82) is 0 Å². The van der Waals surface area contributed by atoms with E-state index in [1.54, 1.807) is 42.2 Å². The van der Waals surface area contributed by atoms with Gasteiger partial charge in [0.1, 0.15) is 23.9 Å². The van der Waals surface area contributed by atoms with Crippen LogP contribution in [0.5, 0.6) is 0 Å². The third-order valence-electron chi connectivity index (χ3n) is 7.07. The molecule has 4 heterocycles. The summed E-state index contributed by atoms with van der Waals surface area (Å²) < 4.78 is 19.5. The van der Waals surface area contributed by atoms with Crippen LogP contribution in [-0.2, 0) is 11.2 Å². The largest absolute Gasteiger partial charge is 0.447 e. The number of para-hydroxylation sites is 2. The summed E-state index contributed by atoms with van der Waals surface area (Å²) in [4.78, 5) is 48.1. The van der Waals surface area contributed by atoms with Gasteiger partial charge in [-0.3, -0.25) is 14.5 Å². The van der Waals surface area contributed by atoms with E-state index in [1.807, 2.05) is 37.3 Å². The molecule has 0 saturated carbocycles. The van der Waals surface area contributed by atoms with E-state index in [0.29, 0.717) is 34.9 Å². The maximum atomic E-state index is 14.3. The van der Waals surface area contributed by atoms with Crippen molar-refractivity contribution in [2.75, 3.05) is 28.3 Å². The Morgan fingerprint density at radius 2 is 1.90 bits per heavy atom. The molecular weight excluding hydrogens is 531 g/mol.